The molecule has 20 heavy (non-hydrogen) atoms. The first-order valence-corrected chi connectivity index (χ1v) is 5.55. The normalized spacial score (nSPS) is 12.3. The first-order chi connectivity index (χ1) is 8.69. The molecule has 0 radical (unpaired) electrons. The Morgan fingerprint density at radius 2 is 2.05 bits per heavy atom. The number of amides is 1. The van der Waals surface area contributed by atoms with Crippen LogP contribution in [-0.4, -0.2) is 24.7 Å². The van der Waals surface area contributed by atoms with Crippen LogP contribution in [0.4, 0.5) is 18.9 Å². The highest BCUT2D eigenvalue weighted by atomic mass is 35.5. The Morgan fingerprint density at radius 3 is 2.50 bits per heavy atom. The standard InChI is InChI=1S/C12H15F3N2O2.ClH/c1-7-5-9(17-11(18)8(2)16)3-4-10(7)19-6-12(13,14)15;/h3-5,8H,6,16H2,1-2H3,(H,17,18);1H/t8-;/m1./s1. The maximum Gasteiger partial charge on any atom is 0.422 e. The Hall–Kier alpha value is -1.47. The highest BCUT2D eigenvalue weighted by Gasteiger charge is 2.28. The molecule has 1 aromatic carbocycles. The minimum atomic E-state index is -4.38. The number of aryl methyl sites for hydroxylation is 1. The minimum Gasteiger partial charge on any atom is -0.484 e. The number of ether oxygens (including phenoxy) is 1. The predicted molar refractivity (Wildman–Crippen MR) is 72.3 cm³/mol. The number of carbonyl (C=O) groups excluding carboxylic acids is 1. The van der Waals surface area contributed by atoms with E-state index in [1.807, 2.05) is 0 Å². The lowest BCUT2D eigenvalue weighted by Gasteiger charge is -2.13. The van der Waals surface area contributed by atoms with Crippen molar-refractivity contribution in [3.05, 3.63) is 23.8 Å². The van der Waals surface area contributed by atoms with Gasteiger partial charge in [-0.25, -0.2) is 0 Å². The zero-order valence-corrected chi connectivity index (χ0v) is 11.8. The number of rotatable bonds is 4. The molecule has 1 rings (SSSR count). The van der Waals surface area contributed by atoms with Gasteiger partial charge in [0.15, 0.2) is 6.61 Å². The first kappa shape index (κ1) is 18.5. The van der Waals surface area contributed by atoms with Gasteiger partial charge in [0.1, 0.15) is 5.75 Å². The van der Waals surface area contributed by atoms with E-state index >= 15 is 0 Å². The Labute approximate surface area is 120 Å². The SMILES string of the molecule is Cc1cc(NC(=O)[C@@H](C)N)ccc1OCC(F)(F)F.Cl. The lowest BCUT2D eigenvalue weighted by Crippen LogP contribution is -2.32. The van der Waals surface area contributed by atoms with E-state index in [1.165, 1.54) is 25.1 Å². The van der Waals surface area contributed by atoms with Crippen molar-refractivity contribution in [1.29, 1.82) is 0 Å². The van der Waals surface area contributed by atoms with Crippen molar-refractivity contribution < 1.29 is 22.7 Å². The molecule has 0 bridgehead atoms. The van der Waals surface area contributed by atoms with Crippen molar-refractivity contribution in [2.45, 2.75) is 26.1 Å². The van der Waals surface area contributed by atoms with Crippen molar-refractivity contribution in [1.82, 2.24) is 0 Å². The van der Waals surface area contributed by atoms with Gasteiger partial charge in [-0.1, -0.05) is 0 Å². The Kier molecular flexibility index (Phi) is 6.81. The lowest BCUT2D eigenvalue weighted by molar-refractivity contribution is -0.153. The third kappa shape index (κ3) is 6.12. The zero-order chi connectivity index (χ0) is 14.6. The highest BCUT2D eigenvalue weighted by molar-refractivity contribution is 5.94. The summed E-state index contributed by atoms with van der Waals surface area (Å²) in [5.74, 6) is -0.250. The van der Waals surface area contributed by atoms with Gasteiger partial charge in [-0.2, -0.15) is 13.2 Å². The number of nitrogens with two attached hydrogens (primary N) is 1. The number of carbonyl (C=O) groups is 1. The molecule has 0 aliphatic carbocycles. The molecule has 0 saturated heterocycles. The summed E-state index contributed by atoms with van der Waals surface area (Å²) in [6.45, 7) is 1.77. The second-order valence-electron chi connectivity index (χ2n) is 4.16. The maximum atomic E-state index is 12.0. The second kappa shape index (κ2) is 7.35. The van der Waals surface area contributed by atoms with E-state index < -0.39 is 18.8 Å². The van der Waals surface area contributed by atoms with Crippen molar-refractivity contribution >= 4 is 24.0 Å². The number of hydrogen-bond donors (Lipinski definition) is 2. The van der Waals surface area contributed by atoms with E-state index in [9.17, 15) is 18.0 Å². The maximum absolute atomic E-state index is 12.0. The Bertz CT molecular complexity index is 465. The monoisotopic (exact) mass is 312 g/mol. The van der Waals surface area contributed by atoms with Crippen LogP contribution in [0.5, 0.6) is 5.75 Å². The van der Waals surface area contributed by atoms with Crippen molar-refractivity contribution in [2.75, 3.05) is 11.9 Å². The highest BCUT2D eigenvalue weighted by Crippen LogP contribution is 2.24. The van der Waals surface area contributed by atoms with Crippen molar-refractivity contribution in [2.24, 2.45) is 5.73 Å². The number of benzene rings is 1. The summed E-state index contributed by atoms with van der Waals surface area (Å²) in [6, 6.07) is 3.68. The van der Waals surface area contributed by atoms with Gasteiger partial charge >= 0.3 is 6.18 Å². The molecule has 3 N–H and O–H groups in total. The van der Waals surface area contributed by atoms with Gasteiger partial charge in [0, 0.05) is 5.69 Å². The summed E-state index contributed by atoms with van der Waals surface area (Å²) >= 11 is 0. The van der Waals surface area contributed by atoms with Crippen LogP contribution in [0.1, 0.15) is 12.5 Å². The topological polar surface area (TPSA) is 64.4 Å². The smallest absolute Gasteiger partial charge is 0.422 e. The zero-order valence-electron chi connectivity index (χ0n) is 11.0. The van der Waals surface area contributed by atoms with Gasteiger partial charge in [0.05, 0.1) is 6.04 Å². The molecule has 1 amide bonds. The molecule has 1 atom stereocenters. The first-order valence-electron chi connectivity index (χ1n) is 5.55. The molecule has 0 aliphatic heterocycles. The van der Waals surface area contributed by atoms with Crippen LogP contribution in [0.25, 0.3) is 0 Å². The summed E-state index contributed by atoms with van der Waals surface area (Å²) in [5, 5.41) is 2.54. The van der Waals surface area contributed by atoms with Crippen LogP contribution in [0, 0.1) is 6.92 Å². The fourth-order valence-corrected chi connectivity index (χ4v) is 1.30. The van der Waals surface area contributed by atoms with Gasteiger partial charge in [0.25, 0.3) is 0 Å². The number of anilines is 1. The molecule has 0 aliphatic rings. The number of hydrogen-bond acceptors (Lipinski definition) is 3. The molecule has 114 valence electrons. The molecule has 0 unspecified atom stereocenters. The third-order valence-corrected chi connectivity index (χ3v) is 2.25. The Morgan fingerprint density at radius 1 is 1.45 bits per heavy atom. The van der Waals surface area contributed by atoms with Crippen LogP contribution < -0.4 is 15.8 Å². The average Bonchev–Trinajstić information content (AvgIpc) is 2.26. The molecule has 1 aromatic rings. The lowest BCUT2D eigenvalue weighted by atomic mass is 10.2. The van der Waals surface area contributed by atoms with Crippen LogP contribution in [0.3, 0.4) is 0 Å². The minimum absolute atomic E-state index is 0. The fourth-order valence-electron chi connectivity index (χ4n) is 1.30. The molecule has 0 heterocycles. The molecule has 0 aromatic heterocycles. The summed E-state index contributed by atoms with van der Waals surface area (Å²) in [5.41, 5.74) is 6.34. The van der Waals surface area contributed by atoms with E-state index in [4.69, 9.17) is 5.73 Å². The summed E-state index contributed by atoms with van der Waals surface area (Å²) in [4.78, 5) is 11.3. The van der Waals surface area contributed by atoms with Crippen LogP contribution in [0.2, 0.25) is 0 Å². The van der Waals surface area contributed by atoms with Gasteiger partial charge < -0.3 is 15.8 Å². The van der Waals surface area contributed by atoms with Crippen LogP contribution in [-0.2, 0) is 4.79 Å². The number of halogens is 4. The third-order valence-electron chi connectivity index (χ3n) is 2.25. The number of nitrogens with one attached hydrogen (secondary N) is 1. The molecule has 4 nitrogen and oxygen atoms in total. The fraction of sp³-hybridized carbons (Fsp3) is 0.417. The van der Waals surface area contributed by atoms with Crippen molar-refractivity contribution in [3.63, 3.8) is 0 Å². The molecule has 0 fully saturated rings. The molecular formula is C12H16ClF3N2O2. The predicted octanol–water partition coefficient (Wildman–Crippen LogP) is 2.64. The summed E-state index contributed by atoms with van der Waals surface area (Å²) in [7, 11) is 0. The second-order valence-corrected chi connectivity index (χ2v) is 4.16. The summed E-state index contributed by atoms with van der Waals surface area (Å²) < 4.78 is 40.7. The summed E-state index contributed by atoms with van der Waals surface area (Å²) in [6.07, 6.45) is -4.38. The number of alkyl halides is 3. The average molecular weight is 313 g/mol. The quantitative estimate of drug-likeness (QED) is 0.898. The largest absolute Gasteiger partial charge is 0.484 e. The van der Waals surface area contributed by atoms with E-state index in [0.717, 1.165) is 0 Å². The van der Waals surface area contributed by atoms with Gasteiger partial charge in [-0.15, -0.1) is 12.4 Å². The van der Waals surface area contributed by atoms with Crippen molar-refractivity contribution in [3.8, 4) is 5.75 Å². The van der Waals surface area contributed by atoms with Gasteiger partial charge in [-0.3, -0.25) is 4.79 Å². The van der Waals surface area contributed by atoms with E-state index in [1.54, 1.807) is 6.92 Å². The van der Waals surface area contributed by atoms with Crippen LogP contribution in [0.15, 0.2) is 18.2 Å². The molecule has 0 saturated carbocycles. The van der Waals surface area contributed by atoms with Gasteiger partial charge in [0.2, 0.25) is 5.91 Å². The molecule has 8 heteroatoms. The molecular weight excluding hydrogens is 297 g/mol. The van der Waals surface area contributed by atoms with Crippen LogP contribution >= 0.6 is 12.4 Å². The molecule has 0 spiro atoms. The van der Waals surface area contributed by atoms with Gasteiger partial charge in [-0.05, 0) is 37.6 Å². The van der Waals surface area contributed by atoms with E-state index in [0.29, 0.717) is 11.3 Å². The Balaban J connectivity index is 0.00000361. The van der Waals surface area contributed by atoms with E-state index in [2.05, 4.69) is 10.1 Å². The van der Waals surface area contributed by atoms with E-state index in [-0.39, 0.29) is 24.1 Å².